The number of para-hydroxylation sites is 1. The van der Waals surface area contributed by atoms with Gasteiger partial charge in [-0.2, -0.15) is 5.10 Å². The fraction of sp³-hybridized carbons (Fsp3) is 0.167. The molecule has 2 aromatic heterocycles. The Kier molecular flexibility index (Phi) is 6.91. The molecule has 0 radical (unpaired) electrons. The van der Waals surface area contributed by atoms with E-state index in [1.807, 2.05) is 62.5 Å². The third-order valence-electron chi connectivity index (χ3n) is 4.86. The van der Waals surface area contributed by atoms with E-state index >= 15 is 0 Å². The van der Waals surface area contributed by atoms with Crippen molar-refractivity contribution in [2.24, 2.45) is 5.10 Å². The summed E-state index contributed by atoms with van der Waals surface area (Å²) in [6, 6.07) is 15.4. The summed E-state index contributed by atoms with van der Waals surface area (Å²) < 4.78 is 7.44. The van der Waals surface area contributed by atoms with Crippen LogP contribution in [0.5, 0.6) is 6.01 Å². The molecule has 0 bridgehead atoms. The van der Waals surface area contributed by atoms with Gasteiger partial charge in [-0.05, 0) is 43.7 Å². The quantitative estimate of drug-likeness (QED) is 0.299. The predicted molar refractivity (Wildman–Crippen MR) is 130 cm³/mol. The van der Waals surface area contributed by atoms with Crippen LogP contribution in [-0.2, 0) is 11.3 Å². The molecule has 0 aliphatic rings. The molecule has 9 heteroatoms. The number of aromatic nitrogens is 3. The zero-order valence-corrected chi connectivity index (χ0v) is 19.6. The van der Waals surface area contributed by atoms with Crippen LogP contribution in [0.1, 0.15) is 22.5 Å². The van der Waals surface area contributed by atoms with Gasteiger partial charge in [-0.3, -0.25) is 4.79 Å². The third kappa shape index (κ3) is 5.69. The molecule has 7 nitrogen and oxygen atoms in total. The Bertz CT molecular complexity index is 1330. The summed E-state index contributed by atoms with van der Waals surface area (Å²) in [4.78, 5) is 20.4. The van der Waals surface area contributed by atoms with Crippen LogP contribution in [0.3, 0.4) is 0 Å². The molecular formula is C24H21Cl2N5O2. The summed E-state index contributed by atoms with van der Waals surface area (Å²) in [7, 11) is 0. The Morgan fingerprint density at radius 3 is 2.64 bits per heavy atom. The second kappa shape index (κ2) is 10.0. The van der Waals surface area contributed by atoms with E-state index in [2.05, 4.69) is 25.1 Å². The van der Waals surface area contributed by atoms with Crippen molar-refractivity contribution >= 4 is 46.2 Å². The third-order valence-corrected chi connectivity index (χ3v) is 5.45. The van der Waals surface area contributed by atoms with Crippen LogP contribution < -0.4 is 10.2 Å². The van der Waals surface area contributed by atoms with E-state index in [1.54, 1.807) is 12.3 Å². The Balaban J connectivity index is 1.45. The first kappa shape index (κ1) is 22.8. The molecule has 0 fully saturated rings. The van der Waals surface area contributed by atoms with Gasteiger partial charge in [0.2, 0.25) is 0 Å². The number of aryl methyl sites for hydroxylation is 2. The minimum absolute atomic E-state index is 0.163. The molecule has 4 rings (SSSR count). The Labute approximate surface area is 201 Å². The fourth-order valence-corrected chi connectivity index (χ4v) is 3.90. The molecule has 33 heavy (non-hydrogen) atoms. The van der Waals surface area contributed by atoms with Gasteiger partial charge in [0.05, 0.1) is 6.21 Å². The van der Waals surface area contributed by atoms with Gasteiger partial charge in [-0.15, -0.1) is 0 Å². The molecule has 2 heterocycles. The molecule has 1 N–H and O–H groups in total. The van der Waals surface area contributed by atoms with E-state index in [9.17, 15) is 4.79 Å². The molecule has 168 valence electrons. The van der Waals surface area contributed by atoms with E-state index in [0.717, 1.165) is 33.4 Å². The molecule has 0 aliphatic heterocycles. The van der Waals surface area contributed by atoms with Gasteiger partial charge >= 0.3 is 6.01 Å². The lowest BCUT2D eigenvalue weighted by Gasteiger charge is -2.08. The summed E-state index contributed by atoms with van der Waals surface area (Å²) >= 11 is 12.4. The minimum Gasteiger partial charge on any atom is -0.453 e. The number of ether oxygens (including phenoxy) is 1. The highest BCUT2D eigenvalue weighted by Gasteiger charge is 2.10. The van der Waals surface area contributed by atoms with Crippen LogP contribution in [0, 0.1) is 13.8 Å². The topological polar surface area (TPSA) is 81.4 Å². The standard InChI is InChI=1S/C24H21Cl2N5O2/c1-15-9-16(2)29-24(28-15)33-14-23(32)30-27-11-18-13-31(22-6-4-3-5-20(18)22)12-17-7-8-19(25)10-21(17)26/h3-11,13H,12,14H2,1-2H3,(H,30,32)/b27-11-. The van der Waals surface area contributed by atoms with Crippen molar-refractivity contribution in [3.63, 3.8) is 0 Å². The van der Waals surface area contributed by atoms with Gasteiger partial charge in [-0.1, -0.05) is 47.5 Å². The highest BCUT2D eigenvalue weighted by molar-refractivity contribution is 6.35. The zero-order valence-electron chi connectivity index (χ0n) is 18.0. The largest absolute Gasteiger partial charge is 0.453 e. The first-order chi connectivity index (χ1) is 15.9. The molecule has 0 unspecified atom stereocenters. The van der Waals surface area contributed by atoms with Crippen molar-refractivity contribution in [3.8, 4) is 6.01 Å². The summed E-state index contributed by atoms with van der Waals surface area (Å²) in [6.07, 6.45) is 3.57. The van der Waals surface area contributed by atoms with Crippen molar-refractivity contribution < 1.29 is 9.53 Å². The average molecular weight is 482 g/mol. The van der Waals surface area contributed by atoms with E-state index in [-0.39, 0.29) is 12.6 Å². The first-order valence-electron chi connectivity index (χ1n) is 10.2. The molecule has 0 spiro atoms. The van der Waals surface area contributed by atoms with Crippen LogP contribution in [0.4, 0.5) is 0 Å². The van der Waals surface area contributed by atoms with Gasteiger partial charge in [0.25, 0.3) is 5.91 Å². The molecule has 0 saturated heterocycles. The van der Waals surface area contributed by atoms with Crippen molar-refractivity contribution in [2.45, 2.75) is 20.4 Å². The van der Waals surface area contributed by atoms with Gasteiger partial charge in [-0.25, -0.2) is 15.4 Å². The number of nitrogens with one attached hydrogen (secondary N) is 1. The number of hydrogen-bond donors (Lipinski definition) is 1. The molecular weight excluding hydrogens is 461 g/mol. The predicted octanol–water partition coefficient (Wildman–Crippen LogP) is 4.93. The SMILES string of the molecule is Cc1cc(C)nc(OCC(=O)N/N=C\c2cn(Cc3ccc(Cl)cc3Cl)c3ccccc23)n1. The lowest BCUT2D eigenvalue weighted by Crippen LogP contribution is -2.25. The second-order valence-corrected chi connectivity index (χ2v) is 8.32. The molecule has 0 aliphatic carbocycles. The Morgan fingerprint density at radius 2 is 1.88 bits per heavy atom. The van der Waals surface area contributed by atoms with E-state index in [1.165, 1.54) is 0 Å². The molecule has 1 amide bonds. The lowest BCUT2D eigenvalue weighted by atomic mass is 10.2. The molecule has 4 aromatic rings. The van der Waals surface area contributed by atoms with E-state index in [0.29, 0.717) is 16.6 Å². The number of carbonyl (C=O) groups excluding carboxylic acids is 1. The number of halogens is 2. The summed E-state index contributed by atoms with van der Waals surface area (Å²) in [5, 5.41) is 6.29. The number of hydrazone groups is 1. The van der Waals surface area contributed by atoms with Gasteiger partial charge in [0, 0.05) is 50.6 Å². The van der Waals surface area contributed by atoms with Crippen LogP contribution in [0.15, 0.2) is 59.8 Å². The van der Waals surface area contributed by atoms with E-state index < -0.39 is 5.91 Å². The van der Waals surface area contributed by atoms with Crippen LogP contribution in [0.2, 0.25) is 10.0 Å². The maximum atomic E-state index is 12.1. The second-order valence-electron chi connectivity index (χ2n) is 7.48. The number of carbonyl (C=O) groups is 1. The smallest absolute Gasteiger partial charge is 0.317 e. The summed E-state index contributed by atoms with van der Waals surface area (Å²) in [5.74, 6) is -0.411. The minimum atomic E-state index is -0.411. The van der Waals surface area contributed by atoms with Crippen molar-refractivity contribution in [3.05, 3.63) is 87.3 Å². The molecule has 0 atom stereocenters. The summed E-state index contributed by atoms with van der Waals surface area (Å²) in [5.41, 5.74) is 6.84. The van der Waals surface area contributed by atoms with Gasteiger partial charge in [0.1, 0.15) is 0 Å². The van der Waals surface area contributed by atoms with Gasteiger partial charge < -0.3 is 9.30 Å². The molecule has 0 saturated carbocycles. The number of hydrogen-bond acceptors (Lipinski definition) is 5. The van der Waals surface area contributed by atoms with Crippen molar-refractivity contribution in [2.75, 3.05) is 6.61 Å². The van der Waals surface area contributed by atoms with Crippen molar-refractivity contribution in [1.82, 2.24) is 20.0 Å². The van der Waals surface area contributed by atoms with Crippen molar-refractivity contribution in [1.29, 1.82) is 0 Å². The highest BCUT2D eigenvalue weighted by Crippen LogP contribution is 2.25. The molecule has 2 aromatic carbocycles. The zero-order chi connectivity index (χ0) is 23.4. The fourth-order valence-electron chi connectivity index (χ4n) is 3.44. The number of benzene rings is 2. The number of fused-ring (bicyclic) bond motifs is 1. The summed E-state index contributed by atoms with van der Waals surface area (Å²) in [6.45, 7) is 4.00. The number of amides is 1. The number of rotatable bonds is 7. The maximum Gasteiger partial charge on any atom is 0.317 e. The lowest BCUT2D eigenvalue weighted by molar-refractivity contribution is -0.123. The number of nitrogens with zero attached hydrogens (tertiary/aromatic N) is 4. The normalized spacial score (nSPS) is 11.3. The van der Waals surface area contributed by atoms with Crippen LogP contribution >= 0.6 is 23.2 Å². The first-order valence-corrected chi connectivity index (χ1v) is 10.9. The van der Waals surface area contributed by atoms with Gasteiger partial charge in [0.15, 0.2) is 6.61 Å². The monoisotopic (exact) mass is 481 g/mol. The average Bonchev–Trinajstić information content (AvgIpc) is 3.11. The van der Waals surface area contributed by atoms with Crippen LogP contribution in [-0.4, -0.2) is 33.3 Å². The highest BCUT2D eigenvalue weighted by atomic mass is 35.5. The maximum absolute atomic E-state index is 12.1. The van der Waals surface area contributed by atoms with Crippen LogP contribution in [0.25, 0.3) is 10.9 Å². The van der Waals surface area contributed by atoms with E-state index in [4.69, 9.17) is 27.9 Å². The Hall–Kier alpha value is -3.42. The Morgan fingerprint density at radius 1 is 1.12 bits per heavy atom.